The first-order chi connectivity index (χ1) is 12.6. The fourth-order valence-corrected chi connectivity index (χ4v) is 4.65. The minimum atomic E-state index is -0.551. The molecule has 136 valence electrons. The molecule has 2 bridgehead atoms. The number of hydrogen-bond acceptors (Lipinski definition) is 4. The molecule has 0 radical (unpaired) electrons. The molecule has 0 spiro atoms. The van der Waals surface area contributed by atoms with Crippen molar-refractivity contribution in [2.24, 2.45) is 5.92 Å². The van der Waals surface area contributed by atoms with Gasteiger partial charge in [-0.25, -0.2) is 4.39 Å². The Morgan fingerprint density at radius 2 is 2.15 bits per heavy atom. The number of piperidine rings is 1. The molecule has 1 saturated carbocycles. The van der Waals surface area contributed by atoms with E-state index in [1.165, 1.54) is 30.6 Å². The van der Waals surface area contributed by atoms with Gasteiger partial charge in [-0.05, 0) is 48.4 Å². The number of amides is 2. The number of fused-ring (bicyclic) bond motifs is 2. The lowest BCUT2D eigenvalue weighted by Crippen LogP contribution is -2.51. The van der Waals surface area contributed by atoms with E-state index in [0.29, 0.717) is 22.9 Å². The van der Waals surface area contributed by atoms with Crippen molar-refractivity contribution >= 4 is 23.2 Å². The molecule has 4 rings (SSSR count). The molecule has 3 atom stereocenters. The Morgan fingerprint density at radius 1 is 1.31 bits per heavy atom. The molecule has 2 heterocycles. The molecule has 0 unspecified atom stereocenters. The molecular formula is C19H19FN2O3S. The van der Waals surface area contributed by atoms with Gasteiger partial charge >= 0.3 is 0 Å². The normalized spacial score (nSPS) is 23.9. The number of methoxy groups -OCH3 is 1. The van der Waals surface area contributed by atoms with Crippen LogP contribution >= 0.6 is 11.3 Å². The van der Waals surface area contributed by atoms with Crippen molar-refractivity contribution in [2.45, 2.75) is 24.9 Å². The van der Waals surface area contributed by atoms with Crippen LogP contribution in [0.1, 0.15) is 32.9 Å². The maximum Gasteiger partial charge on any atom is 0.261 e. The highest BCUT2D eigenvalue weighted by Crippen LogP contribution is 2.39. The van der Waals surface area contributed by atoms with E-state index in [4.69, 9.17) is 4.74 Å². The second-order valence-corrected chi connectivity index (χ2v) is 7.72. The number of nitrogens with one attached hydrogen (secondary N) is 1. The summed E-state index contributed by atoms with van der Waals surface area (Å²) in [5.41, 5.74) is 0.305. The quantitative estimate of drug-likeness (QED) is 0.895. The summed E-state index contributed by atoms with van der Waals surface area (Å²) in [6.07, 6.45) is 1.75. The van der Waals surface area contributed by atoms with Crippen LogP contribution in [0.2, 0.25) is 0 Å². The minimum absolute atomic E-state index is 0.0402. The van der Waals surface area contributed by atoms with Gasteiger partial charge in [-0.1, -0.05) is 6.07 Å². The summed E-state index contributed by atoms with van der Waals surface area (Å²) in [6.45, 7) is 0.655. The Morgan fingerprint density at radius 3 is 2.81 bits per heavy atom. The Bertz CT molecular complexity index is 839. The molecule has 1 N–H and O–H groups in total. The minimum Gasteiger partial charge on any atom is -0.494 e. The molecule has 1 saturated heterocycles. The average molecular weight is 374 g/mol. The summed E-state index contributed by atoms with van der Waals surface area (Å²) in [6, 6.07) is 7.79. The van der Waals surface area contributed by atoms with E-state index in [1.807, 2.05) is 11.4 Å². The smallest absolute Gasteiger partial charge is 0.261 e. The van der Waals surface area contributed by atoms with Crippen LogP contribution in [0, 0.1) is 11.7 Å². The molecule has 2 fully saturated rings. The number of halogens is 1. The third-order valence-electron chi connectivity index (χ3n) is 5.20. The van der Waals surface area contributed by atoms with Gasteiger partial charge in [-0.2, -0.15) is 0 Å². The number of carbonyl (C=O) groups is 2. The number of carbonyl (C=O) groups excluding carboxylic acids is 2. The van der Waals surface area contributed by atoms with Gasteiger partial charge in [0.05, 0.1) is 18.0 Å². The summed E-state index contributed by atoms with van der Waals surface area (Å²) in [5, 5.41) is 4.93. The van der Waals surface area contributed by atoms with Gasteiger partial charge in [0.15, 0.2) is 11.6 Å². The number of rotatable bonds is 4. The van der Waals surface area contributed by atoms with E-state index in [0.717, 1.165) is 12.8 Å². The standard InChI is InChI=1S/C19H19FN2O3S/c1-25-16-5-4-12(9-13(16)20)19(24)22-10-11-7-14(15(22)8-11)21-18(23)17-3-2-6-26-17/h2-6,9,11,14-15H,7-8,10H2,1H3,(H,21,23)/t11-,14+,15-/m1/s1. The van der Waals surface area contributed by atoms with Crippen molar-refractivity contribution in [2.75, 3.05) is 13.7 Å². The lowest BCUT2D eigenvalue weighted by atomic mass is 10.0. The molecule has 1 aliphatic heterocycles. The van der Waals surface area contributed by atoms with Crippen molar-refractivity contribution in [3.63, 3.8) is 0 Å². The number of hydrogen-bond donors (Lipinski definition) is 1. The highest BCUT2D eigenvalue weighted by atomic mass is 32.1. The topological polar surface area (TPSA) is 58.6 Å². The SMILES string of the molecule is COc1ccc(C(=O)N2C[C@@H]3C[C@H](NC(=O)c4cccs4)[C@H]2C3)cc1F. The van der Waals surface area contributed by atoms with E-state index in [2.05, 4.69) is 5.32 Å². The molecule has 1 aromatic carbocycles. The van der Waals surface area contributed by atoms with Crippen LogP contribution < -0.4 is 10.1 Å². The van der Waals surface area contributed by atoms with Crippen LogP contribution in [-0.4, -0.2) is 42.5 Å². The third kappa shape index (κ3) is 2.96. The monoisotopic (exact) mass is 374 g/mol. The average Bonchev–Trinajstić information content (AvgIpc) is 3.37. The van der Waals surface area contributed by atoms with Crippen molar-refractivity contribution < 1.29 is 18.7 Å². The predicted octanol–water partition coefficient (Wildman–Crippen LogP) is 2.93. The molecule has 1 aromatic heterocycles. The number of likely N-dealkylation sites (tertiary alicyclic amines) is 1. The molecule has 2 aliphatic rings. The number of benzene rings is 1. The Hall–Kier alpha value is -2.41. The molecule has 5 nitrogen and oxygen atoms in total. The number of ether oxygens (including phenoxy) is 1. The van der Waals surface area contributed by atoms with Crippen LogP contribution in [-0.2, 0) is 0 Å². The van der Waals surface area contributed by atoms with E-state index in [9.17, 15) is 14.0 Å². The first-order valence-corrected chi connectivity index (χ1v) is 9.43. The Kier molecular flexibility index (Phi) is 4.40. The van der Waals surface area contributed by atoms with E-state index >= 15 is 0 Å². The lowest BCUT2D eigenvalue weighted by molar-refractivity contribution is 0.0648. The summed E-state index contributed by atoms with van der Waals surface area (Å²) in [7, 11) is 1.39. The molecule has 7 heteroatoms. The van der Waals surface area contributed by atoms with Gasteiger partial charge in [0, 0.05) is 18.2 Å². The fraction of sp³-hybridized carbons (Fsp3) is 0.368. The maximum atomic E-state index is 13.9. The van der Waals surface area contributed by atoms with Crippen LogP contribution in [0.25, 0.3) is 0 Å². The third-order valence-corrected chi connectivity index (χ3v) is 6.07. The highest BCUT2D eigenvalue weighted by molar-refractivity contribution is 7.12. The van der Waals surface area contributed by atoms with Crippen molar-refractivity contribution in [3.8, 4) is 5.75 Å². The van der Waals surface area contributed by atoms with Crippen LogP contribution in [0.3, 0.4) is 0 Å². The molecular weight excluding hydrogens is 355 g/mol. The van der Waals surface area contributed by atoms with Gasteiger partial charge in [-0.15, -0.1) is 11.3 Å². The first-order valence-electron chi connectivity index (χ1n) is 8.55. The Balaban J connectivity index is 1.49. The first kappa shape index (κ1) is 17.0. The molecule has 2 amide bonds. The van der Waals surface area contributed by atoms with E-state index in [-0.39, 0.29) is 29.6 Å². The zero-order chi connectivity index (χ0) is 18.3. The zero-order valence-corrected chi connectivity index (χ0v) is 15.1. The Labute approximate surface area is 154 Å². The second kappa shape index (κ2) is 6.72. The van der Waals surface area contributed by atoms with Crippen molar-refractivity contribution in [3.05, 3.63) is 52.0 Å². The molecule has 26 heavy (non-hydrogen) atoms. The highest BCUT2D eigenvalue weighted by Gasteiger charge is 2.47. The van der Waals surface area contributed by atoms with E-state index in [1.54, 1.807) is 17.0 Å². The zero-order valence-electron chi connectivity index (χ0n) is 14.3. The summed E-state index contributed by atoms with van der Waals surface area (Å²) in [4.78, 5) is 27.6. The van der Waals surface area contributed by atoms with Gasteiger partial charge in [0.2, 0.25) is 0 Å². The van der Waals surface area contributed by atoms with Gasteiger partial charge in [0.1, 0.15) is 0 Å². The summed E-state index contributed by atoms with van der Waals surface area (Å²) in [5.74, 6) is -0.355. The van der Waals surface area contributed by atoms with Crippen molar-refractivity contribution in [1.29, 1.82) is 0 Å². The van der Waals surface area contributed by atoms with Crippen molar-refractivity contribution in [1.82, 2.24) is 10.2 Å². The number of thiophene rings is 1. The van der Waals surface area contributed by atoms with Crippen LogP contribution in [0.4, 0.5) is 4.39 Å². The van der Waals surface area contributed by atoms with Gasteiger partial charge < -0.3 is 15.0 Å². The van der Waals surface area contributed by atoms with Crippen LogP contribution in [0.15, 0.2) is 35.7 Å². The van der Waals surface area contributed by atoms with E-state index < -0.39 is 5.82 Å². The number of nitrogens with zero attached hydrogens (tertiary/aromatic N) is 1. The second-order valence-electron chi connectivity index (χ2n) is 6.77. The summed E-state index contributed by atoms with van der Waals surface area (Å²) >= 11 is 1.40. The lowest BCUT2D eigenvalue weighted by Gasteiger charge is -2.33. The fourth-order valence-electron chi connectivity index (χ4n) is 4.03. The maximum absolute atomic E-state index is 13.9. The molecule has 2 aromatic rings. The van der Waals surface area contributed by atoms with Gasteiger partial charge in [-0.3, -0.25) is 9.59 Å². The predicted molar refractivity (Wildman–Crippen MR) is 96.1 cm³/mol. The van der Waals surface area contributed by atoms with Crippen LogP contribution in [0.5, 0.6) is 5.75 Å². The largest absolute Gasteiger partial charge is 0.494 e. The molecule has 1 aliphatic carbocycles. The summed E-state index contributed by atoms with van der Waals surface area (Å²) < 4.78 is 18.8. The van der Waals surface area contributed by atoms with Gasteiger partial charge in [0.25, 0.3) is 11.8 Å².